The van der Waals surface area contributed by atoms with Crippen LogP contribution in [0.15, 0.2) is 94.1 Å². The summed E-state index contributed by atoms with van der Waals surface area (Å²) in [5.41, 5.74) is 2.05. The normalized spacial score (nSPS) is 13.5. The maximum absolute atomic E-state index is 12.8. The van der Waals surface area contributed by atoms with Gasteiger partial charge in [-0.25, -0.2) is 4.90 Å². The highest BCUT2D eigenvalue weighted by Gasteiger charge is 2.38. The van der Waals surface area contributed by atoms with Gasteiger partial charge in [0.15, 0.2) is 0 Å². The minimum Gasteiger partial charge on any atom is -0.350 e. The van der Waals surface area contributed by atoms with Crippen molar-refractivity contribution < 1.29 is 14.4 Å². The molecule has 0 aliphatic carbocycles. The molecule has 0 spiro atoms. The van der Waals surface area contributed by atoms with Gasteiger partial charge >= 0.3 is 0 Å². The average molecular weight is 497 g/mol. The Balaban J connectivity index is 1.47. The number of hydrogen-bond acceptors (Lipinski definition) is 4. The third-order valence-corrected chi connectivity index (χ3v) is 5.44. The van der Waals surface area contributed by atoms with E-state index in [1.54, 1.807) is 66.7 Å². The number of carbonyl (C=O) groups excluding carboxylic acids is 3. The molecule has 0 saturated carbocycles. The molecule has 0 atom stereocenters. The first-order valence-electron chi connectivity index (χ1n) is 9.21. The maximum atomic E-state index is 12.8. The van der Waals surface area contributed by atoms with Gasteiger partial charge in [0.1, 0.15) is 10.7 Å². The van der Waals surface area contributed by atoms with Crippen molar-refractivity contribution in [3.05, 3.63) is 99.6 Å². The van der Waals surface area contributed by atoms with E-state index < -0.39 is 11.8 Å². The Morgan fingerprint density at radius 1 is 0.806 bits per heavy atom. The quantitative estimate of drug-likeness (QED) is 0.480. The number of halogens is 2. The molecule has 0 radical (unpaired) electrons. The standard InChI is InChI=1S/C23H15BrClN3O3/c24-15-8-12-17(13-9-15)27-21(29)14-6-10-16(11-7-14)26-20-19(25)22(30)28(23(20)31)18-4-2-1-3-5-18/h1-13,26H,(H,27,29). The highest BCUT2D eigenvalue weighted by Crippen LogP contribution is 2.30. The minimum atomic E-state index is -0.592. The van der Waals surface area contributed by atoms with Gasteiger partial charge in [-0.1, -0.05) is 45.7 Å². The Kier molecular flexibility index (Phi) is 5.88. The molecule has 0 unspecified atom stereocenters. The maximum Gasteiger partial charge on any atom is 0.283 e. The summed E-state index contributed by atoms with van der Waals surface area (Å²) in [6.07, 6.45) is 0. The molecule has 31 heavy (non-hydrogen) atoms. The van der Waals surface area contributed by atoms with Crippen LogP contribution >= 0.6 is 27.5 Å². The molecule has 0 aromatic heterocycles. The summed E-state index contributed by atoms with van der Waals surface area (Å²) in [7, 11) is 0. The van der Waals surface area contributed by atoms with E-state index in [0.717, 1.165) is 9.37 Å². The fraction of sp³-hybridized carbons (Fsp3) is 0. The number of anilines is 3. The molecule has 154 valence electrons. The molecule has 1 aliphatic heterocycles. The summed E-state index contributed by atoms with van der Waals surface area (Å²) in [5, 5.41) is 5.51. The molecule has 0 saturated heterocycles. The number of para-hydroxylation sites is 1. The summed E-state index contributed by atoms with van der Waals surface area (Å²) < 4.78 is 0.916. The van der Waals surface area contributed by atoms with E-state index >= 15 is 0 Å². The summed E-state index contributed by atoms with van der Waals surface area (Å²) in [4.78, 5) is 38.7. The van der Waals surface area contributed by atoms with Crippen LogP contribution in [0.25, 0.3) is 0 Å². The zero-order chi connectivity index (χ0) is 22.0. The number of nitrogens with zero attached hydrogens (tertiary/aromatic N) is 1. The first-order chi connectivity index (χ1) is 14.9. The predicted molar refractivity (Wildman–Crippen MR) is 124 cm³/mol. The number of carbonyl (C=O) groups is 3. The molecule has 3 amide bonds. The molecule has 2 N–H and O–H groups in total. The Morgan fingerprint density at radius 2 is 1.42 bits per heavy atom. The van der Waals surface area contributed by atoms with Crippen LogP contribution in [0.1, 0.15) is 10.4 Å². The van der Waals surface area contributed by atoms with Crippen LogP contribution in [0.4, 0.5) is 17.1 Å². The van der Waals surface area contributed by atoms with E-state index in [4.69, 9.17) is 11.6 Å². The Hall–Kier alpha value is -3.42. The van der Waals surface area contributed by atoms with Gasteiger partial charge in [0.2, 0.25) is 0 Å². The van der Waals surface area contributed by atoms with Gasteiger partial charge in [-0.05, 0) is 60.7 Å². The van der Waals surface area contributed by atoms with E-state index in [2.05, 4.69) is 26.6 Å². The van der Waals surface area contributed by atoms with Gasteiger partial charge in [-0.3, -0.25) is 14.4 Å². The zero-order valence-electron chi connectivity index (χ0n) is 15.9. The summed E-state index contributed by atoms with van der Waals surface area (Å²) >= 11 is 9.49. The topological polar surface area (TPSA) is 78.5 Å². The van der Waals surface area contributed by atoms with Crippen molar-refractivity contribution >= 4 is 62.3 Å². The van der Waals surface area contributed by atoms with Crippen LogP contribution in [-0.4, -0.2) is 17.7 Å². The number of rotatable bonds is 5. The minimum absolute atomic E-state index is 0.0115. The van der Waals surface area contributed by atoms with Crippen LogP contribution < -0.4 is 15.5 Å². The van der Waals surface area contributed by atoms with Crippen LogP contribution in [0, 0.1) is 0 Å². The smallest absolute Gasteiger partial charge is 0.283 e. The molecule has 4 rings (SSSR count). The van der Waals surface area contributed by atoms with E-state index in [1.165, 1.54) is 0 Å². The lowest BCUT2D eigenvalue weighted by molar-refractivity contribution is -0.120. The lowest BCUT2D eigenvalue weighted by Gasteiger charge is -2.15. The monoisotopic (exact) mass is 495 g/mol. The Bertz CT molecular complexity index is 1190. The second-order valence-electron chi connectivity index (χ2n) is 6.63. The fourth-order valence-corrected chi connectivity index (χ4v) is 3.49. The highest BCUT2D eigenvalue weighted by atomic mass is 79.9. The van der Waals surface area contributed by atoms with Crippen molar-refractivity contribution in [2.24, 2.45) is 0 Å². The number of hydrogen-bond donors (Lipinski definition) is 2. The van der Waals surface area contributed by atoms with Gasteiger partial charge in [0.25, 0.3) is 17.7 Å². The van der Waals surface area contributed by atoms with Gasteiger partial charge in [0, 0.05) is 21.4 Å². The lowest BCUT2D eigenvalue weighted by Crippen LogP contribution is -2.32. The Labute approximate surface area is 191 Å². The molecule has 6 nitrogen and oxygen atoms in total. The molecule has 3 aromatic rings. The second kappa shape index (κ2) is 8.75. The van der Waals surface area contributed by atoms with Crippen molar-refractivity contribution in [1.29, 1.82) is 0 Å². The van der Waals surface area contributed by atoms with Gasteiger partial charge in [0.05, 0.1) is 5.69 Å². The molecular formula is C23H15BrClN3O3. The van der Waals surface area contributed by atoms with Crippen molar-refractivity contribution in [1.82, 2.24) is 0 Å². The van der Waals surface area contributed by atoms with E-state index in [1.807, 2.05) is 12.1 Å². The highest BCUT2D eigenvalue weighted by molar-refractivity contribution is 9.10. The summed E-state index contributed by atoms with van der Waals surface area (Å²) in [6.45, 7) is 0. The van der Waals surface area contributed by atoms with Gasteiger partial charge in [-0.2, -0.15) is 0 Å². The molecular weight excluding hydrogens is 482 g/mol. The Morgan fingerprint density at radius 3 is 2.06 bits per heavy atom. The molecule has 0 fully saturated rings. The molecule has 3 aromatic carbocycles. The molecule has 1 heterocycles. The van der Waals surface area contributed by atoms with Crippen molar-refractivity contribution in [2.45, 2.75) is 0 Å². The third-order valence-electron chi connectivity index (χ3n) is 4.56. The first-order valence-corrected chi connectivity index (χ1v) is 10.4. The van der Waals surface area contributed by atoms with E-state index in [0.29, 0.717) is 22.6 Å². The first kappa shape index (κ1) is 20.8. The molecule has 1 aliphatic rings. The number of imide groups is 1. The number of benzene rings is 3. The summed E-state index contributed by atoms with van der Waals surface area (Å²) in [5.74, 6) is -1.40. The van der Waals surface area contributed by atoms with Gasteiger partial charge < -0.3 is 10.6 Å². The molecule has 8 heteroatoms. The largest absolute Gasteiger partial charge is 0.350 e. The fourth-order valence-electron chi connectivity index (χ4n) is 3.01. The predicted octanol–water partition coefficient (Wildman–Crippen LogP) is 5.14. The van der Waals surface area contributed by atoms with Crippen LogP contribution in [-0.2, 0) is 9.59 Å². The van der Waals surface area contributed by atoms with Gasteiger partial charge in [-0.15, -0.1) is 0 Å². The van der Waals surface area contributed by atoms with Crippen LogP contribution in [0.3, 0.4) is 0 Å². The van der Waals surface area contributed by atoms with Crippen molar-refractivity contribution in [3.8, 4) is 0 Å². The number of amides is 3. The lowest BCUT2D eigenvalue weighted by atomic mass is 10.2. The van der Waals surface area contributed by atoms with Crippen molar-refractivity contribution in [2.75, 3.05) is 15.5 Å². The van der Waals surface area contributed by atoms with Crippen molar-refractivity contribution in [3.63, 3.8) is 0 Å². The molecule has 0 bridgehead atoms. The summed E-state index contributed by atoms with van der Waals surface area (Å²) in [6, 6.07) is 22.3. The second-order valence-corrected chi connectivity index (χ2v) is 7.93. The van der Waals surface area contributed by atoms with E-state index in [-0.39, 0.29) is 16.6 Å². The van der Waals surface area contributed by atoms with Crippen LogP contribution in [0.2, 0.25) is 0 Å². The van der Waals surface area contributed by atoms with Crippen LogP contribution in [0.5, 0.6) is 0 Å². The van der Waals surface area contributed by atoms with E-state index in [9.17, 15) is 14.4 Å². The zero-order valence-corrected chi connectivity index (χ0v) is 18.3. The number of nitrogens with one attached hydrogen (secondary N) is 2. The third kappa shape index (κ3) is 4.38. The average Bonchev–Trinajstić information content (AvgIpc) is 2.99. The SMILES string of the molecule is O=C(Nc1ccc(Br)cc1)c1ccc(NC2=C(Cl)C(=O)N(c3ccccc3)C2=O)cc1.